The van der Waals surface area contributed by atoms with Crippen LogP contribution in [0.4, 0.5) is 4.39 Å². The summed E-state index contributed by atoms with van der Waals surface area (Å²) in [5.74, 6) is 1.39. The molecule has 4 aromatic rings. The Bertz CT molecular complexity index is 1440. The highest BCUT2D eigenvalue weighted by Gasteiger charge is 2.42. The smallest absolute Gasteiger partial charge is 0.296 e. The number of hydrogen-bond acceptors (Lipinski definition) is 5. The lowest BCUT2D eigenvalue weighted by atomic mass is 9.78. The topological polar surface area (TPSA) is 98.8 Å². The Morgan fingerprint density at radius 1 is 1.08 bits per heavy atom. The van der Waals surface area contributed by atoms with Crippen LogP contribution in [-0.4, -0.2) is 19.5 Å². The summed E-state index contributed by atoms with van der Waals surface area (Å²) in [6.07, 6.45) is 5.84. The first-order chi connectivity index (χ1) is 17.5. The van der Waals surface area contributed by atoms with Crippen LogP contribution in [0.3, 0.4) is 0 Å². The maximum atomic E-state index is 13.8. The summed E-state index contributed by atoms with van der Waals surface area (Å²) in [4.78, 5) is 26.7. The molecule has 7 rings (SSSR count). The number of ether oxygens (including phenoxy) is 1. The molecule has 0 saturated heterocycles. The highest BCUT2D eigenvalue weighted by Crippen LogP contribution is 2.41. The molecule has 2 aromatic heterocycles. The standard InChI is InChI=1S/C28H28FN5O2/c29-21-8-6-18(7-9-21)14-22-15-31-25(32-22)23-24(36-17-20-4-2-1-3-5-20)26(35)34-16-19-10-12-28(30,13-11-19)27(34)33-23/h1-9,15,19H,10-14,16-17,30H2,(H,31,32). The summed E-state index contributed by atoms with van der Waals surface area (Å²) in [5, 5.41) is 0. The van der Waals surface area contributed by atoms with Gasteiger partial charge in [-0.25, -0.2) is 14.4 Å². The van der Waals surface area contributed by atoms with Crippen LogP contribution in [0.5, 0.6) is 5.75 Å². The molecule has 0 spiro atoms. The Morgan fingerprint density at radius 3 is 2.58 bits per heavy atom. The Hall–Kier alpha value is -3.78. The molecule has 7 nitrogen and oxygen atoms in total. The number of H-pyrrole nitrogens is 1. The van der Waals surface area contributed by atoms with Crippen molar-refractivity contribution in [3.8, 4) is 17.3 Å². The number of fused-ring (bicyclic) bond motifs is 2. The number of benzene rings is 2. The van der Waals surface area contributed by atoms with E-state index < -0.39 is 5.54 Å². The number of nitrogens with two attached hydrogens (primary N) is 1. The number of aromatic amines is 1. The van der Waals surface area contributed by atoms with Gasteiger partial charge >= 0.3 is 0 Å². The summed E-state index contributed by atoms with van der Waals surface area (Å²) in [7, 11) is 0. The number of nitrogens with one attached hydrogen (secondary N) is 1. The van der Waals surface area contributed by atoms with Gasteiger partial charge < -0.3 is 15.5 Å². The third-order valence-corrected chi connectivity index (χ3v) is 7.40. The fourth-order valence-corrected chi connectivity index (χ4v) is 5.36. The average Bonchev–Trinajstić information content (AvgIpc) is 3.24. The van der Waals surface area contributed by atoms with Gasteiger partial charge in [-0.05, 0) is 54.9 Å². The van der Waals surface area contributed by atoms with E-state index in [9.17, 15) is 9.18 Å². The van der Waals surface area contributed by atoms with Gasteiger partial charge in [-0.2, -0.15) is 0 Å². The number of hydrogen-bond donors (Lipinski definition) is 2. The van der Waals surface area contributed by atoms with Crippen molar-refractivity contribution in [1.29, 1.82) is 0 Å². The van der Waals surface area contributed by atoms with Crippen LogP contribution >= 0.6 is 0 Å². The lowest BCUT2D eigenvalue weighted by Crippen LogP contribution is -2.42. The Kier molecular flexibility index (Phi) is 5.68. The Labute approximate surface area is 208 Å². The number of imidazole rings is 1. The lowest BCUT2D eigenvalue weighted by molar-refractivity contribution is 0.249. The van der Waals surface area contributed by atoms with Crippen molar-refractivity contribution in [3.63, 3.8) is 0 Å². The van der Waals surface area contributed by atoms with Crippen molar-refractivity contribution in [2.24, 2.45) is 11.7 Å². The van der Waals surface area contributed by atoms with Crippen LogP contribution < -0.4 is 16.0 Å². The van der Waals surface area contributed by atoms with Crippen molar-refractivity contribution in [3.05, 3.63) is 99.6 Å². The molecule has 4 heterocycles. The summed E-state index contributed by atoms with van der Waals surface area (Å²) < 4.78 is 21.2. The molecule has 1 fully saturated rings. The van der Waals surface area contributed by atoms with Gasteiger partial charge in [0.1, 0.15) is 18.2 Å². The SMILES string of the molecule is NC12CCC(CC1)Cn1c2nc(-c2ncc(Cc3ccc(F)cc3)[nH]2)c(OCc2ccccc2)c1=O. The number of aromatic nitrogens is 4. The quantitative estimate of drug-likeness (QED) is 0.424. The number of rotatable bonds is 6. The lowest BCUT2D eigenvalue weighted by Gasteiger charge is -2.32. The van der Waals surface area contributed by atoms with E-state index in [-0.39, 0.29) is 23.7 Å². The predicted molar refractivity (Wildman–Crippen MR) is 134 cm³/mol. The van der Waals surface area contributed by atoms with Gasteiger partial charge in [-0.15, -0.1) is 0 Å². The molecule has 1 saturated carbocycles. The van der Waals surface area contributed by atoms with Gasteiger partial charge in [-0.1, -0.05) is 42.5 Å². The van der Waals surface area contributed by atoms with Crippen LogP contribution in [0.2, 0.25) is 0 Å². The molecule has 0 amide bonds. The highest BCUT2D eigenvalue weighted by atomic mass is 19.1. The zero-order chi connectivity index (χ0) is 24.7. The maximum absolute atomic E-state index is 13.8. The van der Waals surface area contributed by atoms with Gasteiger partial charge in [0.25, 0.3) is 5.56 Å². The minimum atomic E-state index is -0.637. The molecule has 3 N–H and O–H groups in total. The minimum Gasteiger partial charge on any atom is -0.481 e. The molecule has 0 atom stereocenters. The molecule has 2 bridgehead atoms. The fraction of sp³-hybridized carbons (Fsp3) is 0.321. The van der Waals surface area contributed by atoms with Gasteiger partial charge in [-0.3, -0.25) is 9.36 Å². The zero-order valence-corrected chi connectivity index (χ0v) is 19.9. The van der Waals surface area contributed by atoms with Gasteiger partial charge in [0, 0.05) is 24.9 Å². The van der Waals surface area contributed by atoms with E-state index in [1.165, 1.54) is 12.1 Å². The summed E-state index contributed by atoms with van der Waals surface area (Å²) in [6, 6.07) is 16.1. The molecule has 1 aliphatic carbocycles. The van der Waals surface area contributed by atoms with E-state index in [2.05, 4.69) is 9.97 Å². The number of halogens is 1. The van der Waals surface area contributed by atoms with Crippen molar-refractivity contribution >= 4 is 0 Å². The van der Waals surface area contributed by atoms with Crippen molar-refractivity contribution in [1.82, 2.24) is 19.5 Å². The third-order valence-electron chi connectivity index (χ3n) is 7.40. The minimum absolute atomic E-state index is 0.176. The van der Waals surface area contributed by atoms with Crippen LogP contribution in [-0.2, 0) is 25.1 Å². The van der Waals surface area contributed by atoms with Gasteiger partial charge in [0.05, 0.1) is 5.54 Å². The Morgan fingerprint density at radius 2 is 1.83 bits per heavy atom. The molecule has 184 valence electrons. The fourth-order valence-electron chi connectivity index (χ4n) is 5.36. The molecular weight excluding hydrogens is 457 g/mol. The van der Waals surface area contributed by atoms with E-state index in [4.69, 9.17) is 15.5 Å². The van der Waals surface area contributed by atoms with E-state index in [0.717, 1.165) is 42.5 Å². The molecule has 0 radical (unpaired) electrons. The van der Waals surface area contributed by atoms with Gasteiger partial charge in [0.15, 0.2) is 11.5 Å². The maximum Gasteiger partial charge on any atom is 0.296 e. The second-order valence-electron chi connectivity index (χ2n) is 9.96. The first kappa shape index (κ1) is 22.7. The molecule has 8 heteroatoms. The summed E-state index contributed by atoms with van der Waals surface area (Å²) in [6.45, 7) is 0.848. The second-order valence-corrected chi connectivity index (χ2v) is 9.96. The molecule has 2 aliphatic heterocycles. The third kappa shape index (κ3) is 4.22. The van der Waals surface area contributed by atoms with Crippen LogP contribution in [0.15, 0.2) is 65.6 Å². The summed E-state index contributed by atoms with van der Waals surface area (Å²) in [5.41, 5.74) is 9.08. The zero-order valence-electron chi connectivity index (χ0n) is 19.9. The van der Waals surface area contributed by atoms with Crippen molar-refractivity contribution in [2.45, 2.75) is 50.8 Å². The normalized spacial score (nSPS) is 20.7. The van der Waals surface area contributed by atoms with Crippen molar-refractivity contribution < 1.29 is 9.13 Å². The molecule has 3 aliphatic rings. The largest absolute Gasteiger partial charge is 0.481 e. The van der Waals surface area contributed by atoms with Crippen LogP contribution in [0.25, 0.3) is 11.5 Å². The predicted octanol–water partition coefficient (Wildman–Crippen LogP) is 4.30. The average molecular weight is 486 g/mol. The first-order valence-electron chi connectivity index (χ1n) is 12.4. The number of nitrogens with zero attached hydrogens (tertiary/aromatic N) is 3. The van der Waals surface area contributed by atoms with Crippen LogP contribution in [0, 0.1) is 11.7 Å². The second kappa shape index (κ2) is 9.02. The van der Waals surface area contributed by atoms with E-state index >= 15 is 0 Å². The molecular formula is C28H28FN5O2. The van der Waals surface area contributed by atoms with E-state index in [0.29, 0.717) is 36.2 Å². The molecule has 36 heavy (non-hydrogen) atoms. The molecule has 0 unspecified atom stereocenters. The van der Waals surface area contributed by atoms with E-state index in [1.54, 1.807) is 22.9 Å². The van der Waals surface area contributed by atoms with Crippen molar-refractivity contribution in [2.75, 3.05) is 0 Å². The van der Waals surface area contributed by atoms with Gasteiger partial charge in [0.2, 0.25) is 5.75 Å². The molecule has 2 aromatic carbocycles. The van der Waals surface area contributed by atoms with E-state index in [1.807, 2.05) is 30.3 Å². The Balaban J connectivity index is 1.42. The first-order valence-corrected chi connectivity index (χ1v) is 12.4. The van der Waals surface area contributed by atoms with Crippen LogP contribution in [0.1, 0.15) is 48.3 Å². The summed E-state index contributed by atoms with van der Waals surface area (Å²) >= 11 is 0. The monoisotopic (exact) mass is 485 g/mol. The highest BCUT2D eigenvalue weighted by molar-refractivity contribution is 5.59.